The predicted octanol–water partition coefficient (Wildman–Crippen LogP) is 6.20. The van der Waals surface area contributed by atoms with Crippen molar-refractivity contribution in [1.29, 1.82) is 0 Å². The number of halogens is 2. The lowest BCUT2D eigenvalue weighted by molar-refractivity contribution is -0.139. The zero-order valence-electron chi connectivity index (χ0n) is 24.6. The van der Waals surface area contributed by atoms with Crippen molar-refractivity contribution in [2.45, 2.75) is 33.4 Å². The molecule has 0 spiro atoms. The predicted molar refractivity (Wildman–Crippen MR) is 174 cm³/mol. The van der Waals surface area contributed by atoms with Gasteiger partial charge in [-0.1, -0.05) is 69.2 Å². The Kier molecular flexibility index (Phi) is 9.93. The third-order valence-electron chi connectivity index (χ3n) is 6.91. The molecule has 0 saturated carbocycles. The molecular weight excluding hydrogens is 668 g/mol. The largest absolute Gasteiger partial charge is 0.494 e. The second-order valence-electron chi connectivity index (χ2n) is 9.71. The van der Waals surface area contributed by atoms with Gasteiger partial charge in [0.15, 0.2) is 16.3 Å². The third kappa shape index (κ3) is 6.47. The Morgan fingerprint density at radius 1 is 1.09 bits per heavy atom. The van der Waals surface area contributed by atoms with E-state index in [9.17, 15) is 9.59 Å². The molecule has 0 N–H and O–H groups in total. The fraction of sp³-hybridized carbons (Fsp3) is 0.242. The van der Waals surface area contributed by atoms with Gasteiger partial charge < -0.3 is 18.9 Å². The lowest BCUT2D eigenvalue weighted by Gasteiger charge is -2.24. The van der Waals surface area contributed by atoms with Crippen LogP contribution in [0.3, 0.4) is 0 Å². The fourth-order valence-corrected chi connectivity index (χ4v) is 6.61. The van der Waals surface area contributed by atoms with E-state index in [4.69, 9.17) is 30.5 Å². The molecule has 11 heteroatoms. The van der Waals surface area contributed by atoms with Crippen LogP contribution in [0.1, 0.15) is 43.5 Å². The number of esters is 1. The van der Waals surface area contributed by atoms with Crippen LogP contribution in [0, 0.1) is 0 Å². The number of allylic oxidation sites excluding steroid dienone is 1. The highest BCUT2D eigenvalue weighted by Gasteiger charge is 2.33. The quantitative estimate of drug-likeness (QED) is 0.184. The van der Waals surface area contributed by atoms with Crippen LogP contribution in [0.4, 0.5) is 0 Å². The third-order valence-corrected chi connectivity index (χ3v) is 8.72. The van der Waals surface area contributed by atoms with Crippen molar-refractivity contribution in [3.63, 3.8) is 0 Å². The van der Waals surface area contributed by atoms with Crippen molar-refractivity contribution in [1.82, 2.24) is 4.57 Å². The highest BCUT2D eigenvalue weighted by atomic mass is 79.9. The van der Waals surface area contributed by atoms with Gasteiger partial charge in [-0.25, -0.2) is 9.79 Å². The molecule has 0 bridgehead atoms. The molecule has 0 unspecified atom stereocenters. The Morgan fingerprint density at radius 2 is 1.84 bits per heavy atom. The molecule has 228 valence electrons. The van der Waals surface area contributed by atoms with Crippen LogP contribution < -0.4 is 29.1 Å². The van der Waals surface area contributed by atoms with Crippen molar-refractivity contribution in [3.8, 4) is 17.2 Å². The summed E-state index contributed by atoms with van der Waals surface area (Å²) < 4.78 is 25.6. The number of ether oxygens (including phenoxy) is 4. The van der Waals surface area contributed by atoms with E-state index in [1.807, 2.05) is 55.5 Å². The molecule has 0 saturated heterocycles. The summed E-state index contributed by atoms with van der Waals surface area (Å²) in [4.78, 5) is 32.5. The summed E-state index contributed by atoms with van der Waals surface area (Å²) in [6, 6.07) is 17.7. The lowest BCUT2D eigenvalue weighted by Crippen LogP contribution is -2.39. The van der Waals surface area contributed by atoms with Gasteiger partial charge >= 0.3 is 5.97 Å². The second-order valence-corrected chi connectivity index (χ2v) is 12.0. The smallest absolute Gasteiger partial charge is 0.338 e. The van der Waals surface area contributed by atoms with Gasteiger partial charge in [-0.15, -0.1) is 0 Å². The molecule has 5 rings (SSSR count). The number of nitrogens with zero attached hydrogens (tertiary/aromatic N) is 2. The second kappa shape index (κ2) is 13.8. The molecule has 0 aliphatic carbocycles. The summed E-state index contributed by atoms with van der Waals surface area (Å²) in [5.74, 6) is 1.11. The van der Waals surface area contributed by atoms with Gasteiger partial charge in [0.25, 0.3) is 5.56 Å². The summed E-state index contributed by atoms with van der Waals surface area (Å²) in [5, 5.41) is 0.584. The molecule has 3 aromatic carbocycles. The van der Waals surface area contributed by atoms with Crippen molar-refractivity contribution >= 4 is 50.9 Å². The first kappa shape index (κ1) is 31.6. The zero-order chi connectivity index (χ0) is 31.4. The van der Waals surface area contributed by atoms with E-state index in [0.29, 0.717) is 55.0 Å². The number of carbonyl (C=O) groups excluding carboxylic acids is 1. The monoisotopic (exact) mass is 696 g/mol. The fourth-order valence-electron chi connectivity index (χ4n) is 4.93. The number of hydrogen-bond donors (Lipinski definition) is 0. The molecule has 8 nitrogen and oxygen atoms in total. The SMILES string of the molecule is CCOC(=O)C1=C(C)N=c2s/c(=C\c3cc(Br)cc(OC)c3OCc3ccccc3Cl)c(=O)n2[C@@H]1c1ccc(OCC)cc1. The molecule has 1 aliphatic rings. The molecule has 0 amide bonds. The molecule has 44 heavy (non-hydrogen) atoms. The summed E-state index contributed by atoms with van der Waals surface area (Å²) in [5.41, 5.74) is 2.64. The minimum absolute atomic E-state index is 0.192. The van der Waals surface area contributed by atoms with Gasteiger partial charge in [0.2, 0.25) is 0 Å². The number of benzene rings is 3. The number of rotatable bonds is 10. The Labute approximate surface area is 272 Å². The van der Waals surface area contributed by atoms with Crippen LogP contribution in [0.5, 0.6) is 17.2 Å². The topological polar surface area (TPSA) is 88.4 Å². The summed E-state index contributed by atoms with van der Waals surface area (Å²) in [6.45, 7) is 6.31. The van der Waals surface area contributed by atoms with Gasteiger partial charge in [0.05, 0.1) is 42.2 Å². The van der Waals surface area contributed by atoms with Gasteiger partial charge in [-0.2, -0.15) is 0 Å². The van der Waals surface area contributed by atoms with E-state index < -0.39 is 12.0 Å². The van der Waals surface area contributed by atoms with Crippen LogP contribution in [0.2, 0.25) is 5.02 Å². The van der Waals surface area contributed by atoms with E-state index in [-0.39, 0.29) is 18.8 Å². The van der Waals surface area contributed by atoms with Crippen molar-refractivity contribution < 1.29 is 23.7 Å². The minimum atomic E-state index is -0.740. The van der Waals surface area contributed by atoms with E-state index >= 15 is 0 Å². The molecule has 0 radical (unpaired) electrons. The van der Waals surface area contributed by atoms with Crippen LogP contribution in [-0.2, 0) is 16.1 Å². The van der Waals surface area contributed by atoms with Crippen molar-refractivity contribution in [2.24, 2.45) is 4.99 Å². The number of methoxy groups -OCH3 is 1. The minimum Gasteiger partial charge on any atom is -0.494 e. The highest BCUT2D eigenvalue weighted by Crippen LogP contribution is 2.37. The standard InChI is InChI=1S/C33H30BrClN2O6S/c1-5-41-24-13-11-20(12-14-24)29-28(32(39)42-6-2)19(3)36-33-37(29)31(38)27(44-33)16-22-15-23(34)17-26(40-4)30(22)43-18-21-9-7-8-10-25(21)35/h7-17,29H,5-6,18H2,1-4H3/b27-16-/t29-/m1/s1. The molecule has 0 fully saturated rings. The Hall–Kier alpha value is -3.86. The highest BCUT2D eigenvalue weighted by molar-refractivity contribution is 9.10. The number of aromatic nitrogens is 1. The van der Waals surface area contributed by atoms with Gasteiger partial charge in [0, 0.05) is 20.6 Å². The average molecular weight is 698 g/mol. The molecule has 2 heterocycles. The van der Waals surface area contributed by atoms with Crippen LogP contribution in [0.25, 0.3) is 6.08 Å². The van der Waals surface area contributed by atoms with E-state index in [0.717, 1.165) is 15.6 Å². The number of carbonyl (C=O) groups is 1. The van der Waals surface area contributed by atoms with Crippen LogP contribution >= 0.6 is 38.9 Å². The molecular formula is C33H30BrClN2O6S. The maximum Gasteiger partial charge on any atom is 0.338 e. The zero-order valence-corrected chi connectivity index (χ0v) is 27.7. The first-order valence-corrected chi connectivity index (χ1v) is 15.9. The molecule has 4 aromatic rings. The first-order chi connectivity index (χ1) is 21.2. The maximum absolute atomic E-state index is 14.2. The molecule has 1 atom stereocenters. The summed E-state index contributed by atoms with van der Waals surface area (Å²) in [7, 11) is 1.55. The maximum atomic E-state index is 14.2. The number of fused-ring (bicyclic) bond motifs is 1. The normalized spacial score (nSPS) is 14.6. The van der Waals surface area contributed by atoms with Gasteiger partial charge in [-0.3, -0.25) is 9.36 Å². The summed E-state index contributed by atoms with van der Waals surface area (Å²) in [6.07, 6.45) is 1.75. The van der Waals surface area contributed by atoms with E-state index in [1.165, 1.54) is 11.3 Å². The molecule has 1 aromatic heterocycles. The molecule has 1 aliphatic heterocycles. The summed E-state index contributed by atoms with van der Waals surface area (Å²) >= 11 is 11.1. The number of hydrogen-bond acceptors (Lipinski definition) is 8. The van der Waals surface area contributed by atoms with E-state index in [1.54, 1.807) is 43.7 Å². The Morgan fingerprint density at radius 3 is 2.52 bits per heavy atom. The number of thiazole rings is 1. The Bertz CT molecular complexity index is 1920. The van der Waals surface area contributed by atoms with Crippen LogP contribution in [-0.4, -0.2) is 30.9 Å². The van der Waals surface area contributed by atoms with Crippen molar-refractivity contribution in [3.05, 3.63) is 118 Å². The Balaban J connectivity index is 1.66. The van der Waals surface area contributed by atoms with Crippen molar-refractivity contribution in [2.75, 3.05) is 20.3 Å². The van der Waals surface area contributed by atoms with Gasteiger partial charge in [0.1, 0.15) is 12.4 Å². The lowest BCUT2D eigenvalue weighted by atomic mass is 9.96. The van der Waals surface area contributed by atoms with E-state index in [2.05, 4.69) is 20.9 Å². The van der Waals surface area contributed by atoms with Crippen LogP contribution in [0.15, 0.2) is 86.2 Å². The van der Waals surface area contributed by atoms with Gasteiger partial charge in [-0.05, 0) is 62.7 Å². The first-order valence-electron chi connectivity index (χ1n) is 13.9. The average Bonchev–Trinajstić information content (AvgIpc) is 3.30.